The molecule has 0 spiro atoms. The summed E-state index contributed by atoms with van der Waals surface area (Å²) in [5.74, 6) is -0.551. The highest BCUT2D eigenvalue weighted by Gasteiger charge is 2.08. The van der Waals surface area contributed by atoms with Crippen LogP contribution in [-0.2, 0) is 19.2 Å². The first-order valence-corrected chi connectivity index (χ1v) is 9.57. The summed E-state index contributed by atoms with van der Waals surface area (Å²) in [7, 11) is 0. The summed E-state index contributed by atoms with van der Waals surface area (Å²) in [6.07, 6.45) is 8.75. The lowest BCUT2D eigenvalue weighted by molar-refractivity contribution is -0.114. The van der Waals surface area contributed by atoms with Gasteiger partial charge in [0, 0.05) is 16.5 Å². The van der Waals surface area contributed by atoms with Crippen LogP contribution in [-0.4, -0.2) is 23.1 Å². The van der Waals surface area contributed by atoms with E-state index in [9.17, 15) is 19.2 Å². The lowest BCUT2D eigenvalue weighted by Crippen LogP contribution is -2.11. The van der Waals surface area contributed by atoms with E-state index in [-0.39, 0.29) is 34.3 Å². The van der Waals surface area contributed by atoms with Crippen LogP contribution in [0.3, 0.4) is 0 Å². The van der Waals surface area contributed by atoms with Crippen LogP contribution in [0, 0.1) is 45.3 Å². The van der Waals surface area contributed by atoms with Crippen molar-refractivity contribution in [3.63, 3.8) is 0 Å². The third kappa shape index (κ3) is 8.74. The van der Waals surface area contributed by atoms with Crippen LogP contribution in [0.25, 0.3) is 11.1 Å². The first-order valence-electron chi connectivity index (χ1n) is 8.78. The number of carbonyl (C=O) groups is 4. The Kier molecular flexibility index (Phi) is 10.6. The predicted octanol–water partition coefficient (Wildman–Crippen LogP) is 1.31. The highest BCUT2D eigenvalue weighted by molar-refractivity contribution is 9.12. The molecule has 0 aliphatic heterocycles. The lowest BCUT2D eigenvalue weighted by atomic mass is 10.1. The third-order valence-corrected chi connectivity index (χ3v) is 4.26. The summed E-state index contributed by atoms with van der Waals surface area (Å²) in [6.45, 7) is 0. The van der Waals surface area contributed by atoms with E-state index in [1.807, 2.05) is 0 Å². The Labute approximate surface area is 196 Å². The fraction of sp³-hybridized carbons (Fsp3) is 0. The van der Waals surface area contributed by atoms with Gasteiger partial charge < -0.3 is 0 Å². The molecule has 158 valence electrons. The predicted molar refractivity (Wildman–Crippen MR) is 119 cm³/mol. The Morgan fingerprint density at radius 1 is 0.576 bits per heavy atom. The second kappa shape index (κ2) is 13.4. The van der Waals surface area contributed by atoms with Crippen molar-refractivity contribution in [1.29, 1.82) is 21.0 Å². The number of rotatable bonds is 0. The van der Waals surface area contributed by atoms with Crippen molar-refractivity contribution in [3.8, 4) is 24.3 Å². The zero-order valence-electron chi connectivity index (χ0n) is 16.7. The topological polar surface area (TPSA) is 163 Å². The SMILES string of the molecule is N#CC(C#N)=c1ccc(=C(C#N)C#N)cc1.O=C1C=CC(=O)C(Br)=C1.O=C1C=CC(=O)C=C1. The van der Waals surface area contributed by atoms with Gasteiger partial charge in [-0.05, 0) is 52.4 Å². The van der Waals surface area contributed by atoms with E-state index in [2.05, 4.69) is 15.9 Å². The van der Waals surface area contributed by atoms with E-state index in [1.54, 1.807) is 24.3 Å². The molecular weight excluding hydrogens is 488 g/mol. The maximum absolute atomic E-state index is 10.6. The molecule has 0 aromatic heterocycles. The molecular formula is C24H11BrN4O4. The van der Waals surface area contributed by atoms with Gasteiger partial charge in [-0.2, -0.15) is 21.0 Å². The van der Waals surface area contributed by atoms with E-state index in [0.29, 0.717) is 14.9 Å². The number of hydrogen-bond acceptors (Lipinski definition) is 8. The molecule has 9 heteroatoms. The van der Waals surface area contributed by atoms with Gasteiger partial charge in [0.05, 0.1) is 4.48 Å². The Morgan fingerprint density at radius 3 is 1.18 bits per heavy atom. The minimum Gasteiger partial charge on any atom is -0.290 e. The van der Waals surface area contributed by atoms with Gasteiger partial charge in [-0.25, -0.2) is 0 Å². The fourth-order valence-electron chi connectivity index (χ4n) is 2.03. The molecule has 0 bridgehead atoms. The monoisotopic (exact) mass is 498 g/mol. The molecule has 1 aromatic rings. The van der Waals surface area contributed by atoms with E-state index in [4.69, 9.17) is 21.0 Å². The molecule has 0 N–H and O–H groups in total. The van der Waals surface area contributed by atoms with Crippen molar-refractivity contribution in [2.24, 2.45) is 0 Å². The Hall–Kier alpha value is -4.96. The molecule has 33 heavy (non-hydrogen) atoms. The first kappa shape index (κ1) is 26.1. The number of carbonyl (C=O) groups excluding carboxylic acids is 4. The minimum atomic E-state index is -0.158. The van der Waals surface area contributed by atoms with Crippen molar-refractivity contribution < 1.29 is 19.2 Å². The number of nitrogens with zero attached hydrogens (tertiary/aromatic N) is 4. The number of ketones is 4. The van der Waals surface area contributed by atoms with Gasteiger partial charge in [0.25, 0.3) is 0 Å². The van der Waals surface area contributed by atoms with Gasteiger partial charge in [-0.1, -0.05) is 24.3 Å². The molecule has 1 aromatic carbocycles. The summed E-state index contributed by atoms with van der Waals surface area (Å²) in [5.41, 5.74) is 0.00373. The molecule has 0 saturated heterocycles. The minimum absolute atomic E-state index is 0.00187. The molecule has 2 aliphatic rings. The average molecular weight is 499 g/mol. The van der Waals surface area contributed by atoms with Crippen molar-refractivity contribution in [3.05, 3.63) is 81.7 Å². The van der Waals surface area contributed by atoms with Crippen LogP contribution in [0.2, 0.25) is 0 Å². The molecule has 0 unspecified atom stereocenters. The molecule has 0 atom stereocenters. The van der Waals surface area contributed by atoms with Crippen LogP contribution >= 0.6 is 15.9 Å². The van der Waals surface area contributed by atoms with Gasteiger partial charge in [-0.15, -0.1) is 0 Å². The van der Waals surface area contributed by atoms with Crippen LogP contribution in [0.15, 0.2) is 71.3 Å². The van der Waals surface area contributed by atoms with E-state index in [1.165, 1.54) is 66.8 Å². The van der Waals surface area contributed by atoms with Gasteiger partial charge in [0.15, 0.2) is 23.1 Å². The zero-order chi connectivity index (χ0) is 24.8. The molecule has 2 aliphatic carbocycles. The van der Waals surface area contributed by atoms with Gasteiger partial charge in [0.1, 0.15) is 35.4 Å². The first-order chi connectivity index (χ1) is 15.7. The number of benzene rings is 1. The summed E-state index contributed by atoms with van der Waals surface area (Å²) < 4.78 is 0.329. The zero-order valence-corrected chi connectivity index (χ0v) is 18.2. The summed E-state index contributed by atoms with van der Waals surface area (Å²) in [4.78, 5) is 41.6. The normalized spacial score (nSPS) is 12.9. The Balaban J connectivity index is 0.000000270. The second-order valence-corrected chi connectivity index (χ2v) is 6.69. The van der Waals surface area contributed by atoms with Gasteiger partial charge in [0.2, 0.25) is 0 Å². The average Bonchev–Trinajstić information content (AvgIpc) is 2.82. The Bertz CT molecular complexity index is 1280. The van der Waals surface area contributed by atoms with E-state index >= 15 is 0 Å². The van der Waals surface area contributed by atoms with E-state index in [0.717, 1.165) is 0 Å². The summed E-state index contributed by atoms with van der Waals surface area (Å²) in [6, 6.07) is 13.2. The number of halogens is 1. The van der Waals surface area contributed by atoms with E-state index < -0.39 is 0 Å². The smallest absolute Gasteiger partial charge is 0.193 e. The molecule has 0 saturated carbocycles. The Morgan fingerprint density at radius 2 is 0.909 bits per heavy atom. The van der Waals surface area contributed by atoms with Crippen molar-refractivity contribution in [1.82, 2.24) is 0 Å². The van der Waals surface area contributed by atoms with Crippen LogP contribution < -0.4 is 10.4 Å². The van der Waals surface area contributed by atoms with Crippen LogP contribution in [0.1, 0.15) is 0 Å². The third-order valence-electron chi connectivity index (χ3n) is 3.64. The molecule has 0 radical (unpaired) electrons. The molecule has 0 amide bonds. The largest absolute Gasteiger partial charge is 0.290 e. The molecule has 0 fully saturated rings. The molecule has 0 heterocycles. The van der Waals surface area contributed by atoms with Crippen LogP contribution in [0.5, 0.6) is 0 Å². The fourth-order valence-corrected chi connectivity index (χ4v) is 2.39. The van der Waals surface area contributed by atoms with Crippen molar-refractivity contribution >= 4 is 50.2 Å². The standard InChI is InChI=1S/C12H4N4.C6H3BrO2.C6H4O2/c13-5-11(6-14)9-1-2-10(4-3-9)12(7-15)8-16;7-5-3-4(8)1-2-6(5)9;7-5-1-2-6(8)4-3-5/h1-4H;1-3H;1-4H. The maximum atomic E-state index is 10.6. The number of hydrogen-bond donors (Lipinski definition) is 0. The quantitative estimate of drug-likeness (QED) is 0.482. The van der Waals surface area contributed by atoms with Crippen molar-refractivity contribution in [2.75, 3.05) is 0 Å². The number of allylic oxidation sites excluding steroid dienone is 8. The highest BCUT2D eigenvalue weighted by atomic mass is 79.9. The maximum Gasteiger partial charge on any atom is 0.193 e. The van der Waals surface area contributed by atoms with Crippen LogP contribution in [0.4, 0.5) is 0 Å². The molecule has 8 nitrogen and oxygen atoms in total. The lowest BCUT2D eigenvalue weighted by Gasteiger charge is -1.95. The van der Waals surface area contributed by atoms with Gasteiger partial charge >= 0.3 is 0 Å². The molecule has 3 rings (SSSR count). The second-order valence-electron chi connectivity index (χ2n) is 5.84. The summed E-state index contributed by atoms with van der Waals surface area (Å²) >= 11 is 2.93. The highest BCUT2D eigenvalue weighted by Crippen LogP contribution is 2.10. The summed E-state index contributed by atoms with van der Waals surface area (Å²) in [5, 5.41) is 35.5. The van der Waals surface area contributed by atoms with Crippen molar-refractivity contribution in [2.45, 2.75) is 0 Å². The van der Waals surface area contributed by atoms with Gasteiger partial charge in [-0.3, -0.25) is 19.2 Å². The number of nitriles is 4.